The average Bonchev–Trinajstić information content (AvgIpc) is 3.49. The lowest BCUT2D eigenvalue weighted by atomic mass is 9.74. The van der Waals surface area contributed by atoms with E-state index in [2.05, 4.69) is 20.1 Å². The standard InChI is InChI=1S/C23H29N5O/c29-23(20-15-28(25-24-20)19-5-2-1-3-6-19)26-12-16-11-18(14-26)22-8-4-7-21(17-9-10-17)27(22)13-16/h1-3,5-6,15-18,21-22H,4,7-14H2/t16-,18+,21+,22-/m0/s1. The summed E-state index contributed by atoms with van der Waals surface area (Å²) in [5.74, 6) is 2.24. The Kier molecular flexibility index (Phi) is 4.22. The fraction of sp³-hybridized carbons (Fsp3) is 0.609. The molecule has 1 aromatic heterocycles. The molecule has 2 bridgehead atoms. The second kappa shape index (κ2) is 6.94. The Bertz CT molecular complexity index is 892. The zero-order chi connectivity index (χ0) is 19.4. The first-order valence-electron chi connectivity index (χ1n) is 11.3. The van der Waals surface area contributed by atoms with Crippen molar-refractivity contribution in [2.24, 2.45) is 17.8 Å². The first-order chi connectivity index (χ1) is 14.3. The van der Waals surface area contributed by atoms with Gasteiger partial charge in [-0.25, -0.2) is 4.68 Å². The number of carbonyl (C=O) groups is 1. The van der Waals surface area contributed by atoms with E-state index in [1.165, 1.54) is 45.1 Å². The number of amides is 1. The summed E-state index contributed by atoms with van der Waals surface area (Å²) in [6.07, 6.45) is 10.0. The molecule has 1 amide bonds. The quantitative estimate of drug-likeness (QED) is 0.807. The Morgan fingerprint density at radius 3 is 2.52 bits per heavy atom. The lowest BCUT2D eigenvalue weighted by Gasteiger charge is -2.55. The summed E-state index contributed by atoms with van der Waals surface area (Å²) in [6.45, 7) is 2.93. The van der Waals surface area contributed by atoms with Crippen molar-refractivity contribution in [2.45, 2.75) is 50.6 Å². The number of carbonyl (C=O) groups excluding carboxylic acids is 1. The van der Waals surface area contributed by atoms with Crippen LogP contribution in [0.1, 0.15) is 49.0 Å². The fourth-order valence-corrected chi connectivity index (χ4v) is 6.23. The largest absolute Gasteiger partial charge is 0.337 e. The monoisotopic (exact) mass is 391 g/mol. The molecule has 152 valence electrons. The van der Waals surface area contributed by atoms with E-state index < -0.39 is 0 Å². The number of para-hydroxylation sites is 1. The van der Waals surface area contributed by atoms with Crippen molar-refractivity contribution in [2.75, 3.05) is 19.6 Å². The van der Waals surface area contributed by atoms with Crippen LogP contribution in [0, 0.1) is 17.8 Å². The SMILES string of the molecule is O=C(c1cn(-c2ccccc2)nn1)N1C[C@@H]2C[C@H](C1)[C@@H]1CCC[C@H](C3CC3)N1C2. The zero-order valence-electron chi connectivity index (χ0n) is 16.9. The van der Waals surface area contributed by atoms with Crippen molar-refractivity contribution < 1.29 is 4.79 Å². The van der Waals surface area contributed by atoms with Crippen LogP contribution in [0.25, 0.3) is 5.69 Å². The molecule has 4 aliphatic rings. The highest BCUT2D eigenvalue weighted by molar-refractivity contribution is 5.92. The molecule has 0 radical (unpaired) electrons. The lowest BCUT2D eigenvalue weighted by Crippen LogP contribution is -2.62. The van der Waals surface area contributed by atoms with Gasteiger partial charge in [0.05, 0.1) is 11.9 Å². The summed E-state index contributed by atoms with van der Waals surface area (Å²) in [4.78, 5) is 18.1. The van der Waals surface area contributed by atoms with E-state index in [1.807, 2.05) is 30.3 Å². The van der Waals surface area contributed by atoms with Crippen molar-refractivity contribution in [3.8, 4) is 5.69 Å². The molecule has 0 unspecified atom stereocenters. The minimum absolute atomic E-state index is 0.0462. The van der Waals surface area contributed by atoms with Crippen LogP contribution in [0.4, 0.5) is 0 Å². The van der Waals surface area contributed by atoms with E-state index in [0.29, 0.717) is 23.6 Å². The minimum Gasteiger partial charge on any atom is -0.337 e. The second-order valence-electron chi connectivity index (χ2n) is 9.56. The van der Waals surface area contributed by atoms with Crippen molar-refractivity contribution in [3.63, 3.8) is 0 Å². The number of benzene rings is 1. The van der Waals surface area contributed by atoms with E-state index >= 15 is 0 Å². The van der Waals surface area contributed by atoms with Crippen molar-refractivity contribution in [1.29, 1.82) is 0 Å². The number of fused-ring (bicyclic) bond motifs is 4. The third-order valence-electron chi connectivity index (χ3n) is 7.62. The molecule has 4 atom stereocenters. The van der Waals surface area contributed by atoms with E-state index in [9.17, 15) is 4.79 Å². The van der Waals surface area contributed by atoms with Crippen LogP contribution in [0.15, 0.2) is 36.5 Å². The molecular weight excluding hydrogens is 362 g/mol. The molecule has 6 heteroatoms. The van der Waals surface area contributed by atoms with Gasteiger partial charge in [-0.1, -0.05) is 29.8 Å². The van der Waals surface area contributed by atoms with Gasteiger partial charge in [-0.3, -0.25) is 9.69 Å². The third kappa shape index (κ3) is 3.18. The average molecular weight is 392 g/mol. The normalized spacial score (nSPS) is 32.1. The zero-order valence-corrected chi connectivity index (χ0v) is 16.9. The van der Waals surface area contributed by atoms with Crippen LogP contribution in [0.5, 0.6) is 0 Å². The van der Waals surface area contributed by atoms with Crippen molar-refractivity contribution >= 4 is 5.91 Å². The topological polar surface area (TPSA) is 54.3 Å². The number of hydrogen-bond acceptors (Lipinski definition) is 4. The van der Waals surface area contributed by atoms with E-state index in [0.717, 1.165) is 30.7 Å². The predicted octanol–water partition coefficient (Wildman–Crippen LogP) is 2.99. The molecule has 2 aromatic rings. The number of aromatic nitrogens is 3. The highest BCUT2D eigenvalue weighted by atomic mass is 16.2. The van der Waals surface area contributed by atoms with Gasteiger partial charge in [-0.2, -0.15) is 0 Å². The Morgan fingerprint density at radius 2 is 1.72 bits per heavy atom. The summed E-state index contributed by atoms with van der Waals surface area (Å²) in [5, 5.41) is 8.39. The number of piperidine rings is 3. The van der Waals surface area contributed by atoms with Gasteiger partial charge in [0.15, 0.2) is 5.69 Å². The molecule has 3 aliphatic heterocycles. The maximum absolute atomic E-state index is 13.2. The molecule has 1 aromatic carbocycles. The van der Waals surface area contributed by atoms with E-state index in [4.69, 9.17) is 0 Å². The van der Waals surface area contributed by atoms with Gasteiger partial charge in [-0.15, -0.1) is 5.10 Å². The van der Waals surface area contributed by atoms with Crippen LogP contribution in [0.3, 0.4) is 0 Å². The summed E-state index contributed by atoms with van der Waals surface area (Å²) >= 11 is 0. The van der Waals surface area contributed by atoms with Gasteiger partial charge in [0.25, 0.3) is 5.91 Å². The highest BCUT2D eigenvalue weighted by Crippen LogP contribution is 2.46. The summed E-state index contributed by atoms with van der Waals surface area (Å²) < 4.78 is 1.70. The van der Waals surface area contributed by atoms with Crippen LogP contribution >= 0.6 is 0 Å². The van der Waals surface area contributed by atoms with Gasteiger partial charge in [0.2, 0.25) is 0 Å². The Morgan fingerprint density at radius 1 is 0.931 bits per heavy atom. The molecule has 6 nitrogen and oxygen atoms in total. The Labute approximate surface area is 171 Å². The summed E-state index contributed by atoms with van der Waals surface area (Å²) in [5.41, 5.74) is 1.39. The highest BCUT2D eigenvalue weighted by Gasteiger charge is 2.48. The lowest BCUT2D eigenvalue weighted by molar-refractivity contribution is -0.0551. The van der Waals surface area contributed by atoms with Crippen LogP contribution in [-0.2, 0) is 0 Å². The number of likely N-dealkylation sites (tertiary alicyclic amines) is 1. The van der Waals surface area contributed by atoms with Gasteiger partial charge in [0.1, 0.15) is 0 Å². The molecule has 0 N–H and O–H groups in total. The molecule has 0 spiro atoms. The Hall–Kier alpha value is -2.21. The van der Waals surface area contributed by atoms with E-state index in [-0.39, 0.29) is 5.91 Å². The molecule has 1 saturated carbocycles. The van der Waals surface area contributed by atoms with Gasteiger partial charge in [0, 0.05) is 31.7 Å². The number of hydrogen-bond donors (Lipinski definition) is 0. The smallest absolute Gasteiger partial charge is 0.276 e. The van der Waals surface area contributed by atoms with E-state index in [1.54, 1.807) is 10.9 Å². The third-order valence-corrected chi connectivity index (χ3v) is 7.62. The maximum atomic E-state index is 13.2. The molecular formula is C23H29N5O. The Balaban J connectivity index is 1.19. The van der Waals surface area contributed by atoms with Gasteiger partial charge < -0.3 is 4.90 Å². The minimum atomic E-state index is 0.0462. The van der Waals surface area contributed by atoms with Gasteiger partial charge in [-0.05, 0) is 62.0 Å². The number of nitrogens with zero attached hydrogens (tertiary/aromatic N) is 5. The molecule has 4 heterocycles. The first-order valence-corrected chi connectivity index (χ1v) is 11.3. The second-order valence-corrected chi connectivity index (χ2v) is 9.56. The summed E-state index contributed by atoms with van der Waals surface area (Å²) in [6, 6.07) is 11.4. The maximum Gasteiger partial charge on any atom is 0.276 e. The predicted molar refractivity (Wildman–Crippen MR) is 110 cm³/mol. The van der Waals surface area contributed by atoms with Gasteiger partial charge >= 0.3 is 0 Å². The van der Waals surface area contributed by atoms with Crippen LogP contribution < -0.4 is 0 Å². The van der Waals surface area contributed by atoms with Crippen LogP contribution in [0.2, 0.25) is 0 Å². The fourth-order valence-electron chi connectivity index (χ4n) is 6.23. The first kappa shape index (κ1) is 17.6. The number of rotatable bonds is 3. The molecule has 3 saturated heterocycles. The molecule has 29 heavy (non-hydrogen) atoms. The van der Waals surface area contributed by atoms with Crippen molar-refractivity contribution in [1.82, 2.24) is 24.8 Å². The van der Waals surface area contributed by atoms with Crippen LogP contribution in [-0.4, -0.2) is 62.4 Å². The molecule has 4 fully saturated rings. The molecule has 1 aliphatic carbocycles. The molecule has 6 rings (SSSR count). The van der Waals surface area contributed by atoms with Crippen molar-refractivity contribution in [3.05, 3.63) is 42.2 Å². The summed E-state index contributed by atoms with van der Waals surface area (Å²) in [7, 11) is 0.